The molecule has 1 N–H and O–H groups in total. The summed E-state index contributed by atoms with van der Waals surface area (Å²) in [5, 5.41) is 6.55. The molecule has 0 amide bonds. The van der Waals surface area contributed by atoms with Crippen molar-refractivity contribution in [3.8, 4) is 0 Å². The molecule has 1 aliphatic heterocycles. The molecule has 2 rings (SSSR count). The van der Waals surface area contributed by atoms with Crippen molar-refractivity contribution in [1.29, 1.82) is 0 Å². The van der Waals surface area contributed by atoms with Gasteiger partial charge in [0, 0.05) is 37.3 Å². The first-order chi connectivity index (χ1) is 5.88. The second-order valence-corrected chi connectivity index (χ2v) is 3.93. The fourth-order valence-corrected chi connectivity index (χ4v) is 2.25. The fourth-order valence-electron chi connectivity index (χ4n) is 1.48. The van der Waals surface area contributed by atoms with Crippen molar-refractivity contribution in [2.24, 2.45) is 0 Å². The van der Waals surface area contributed by atoms with Gasteiger partial charge in [-0.2, -0.15) is 0 Å². The maximum Gasteiger partial charge on any atom is 0.185 e. The fraction of sp³-hybridized carbons (Fsp3) is 0.625. The standard InChI is InChI=1S/C8H13N3S/c1-7-6-9-2-4-11(7)8-10-3-5-12-8/h3,5,7,9H,2,4,6H2,1H3. The molecule has 1 aliphatic rings. The maximum atomic E-state index is 4.31. The second kappa shape index (κ2) is 3.41. The van der Waals surface area contributed by atoms with E-state index < -0.39 is 0 Å². The van der Waals surface area contributed by atoms with Gasteiger partial charge in [0.1, 0.15) is 0 Å². The summed E-state index contributed by atoms with van der Waals surface area (Å²) in [6.45, 7) is 5.45. The summed E-state index contributed by atoms with van der Waals surface area (Å²) in [6.07, 6.45) is 1.87. The largest absolute Gasteiger partial charge is 0.343 e. The van der Waals surface area contributed by atoms with Crippen LogP contribution in [0, 0.1) is 0 Å². The van der Waals surface area contributed by atoms with Crippen molar-refractivity contribution in [2.45, 2.75) is 13.0 Å². The minimum absolute atomic E-state index is 0.574. The number of nitrogens with one attached hydrogen (secondary N) is 1. The van der Waals surface area contributed by atoms with E-state index >= 15 is 0 Å². The van der Waals surface area contributed by atoms with E-state index in [2.05, 4.69) is 22.1 Å². The van der Waals surface area contributed by atoms with Crippen LogP contribution in [0.4, 0.5) is 5.13 Å². The van der Waals surface area contributed by atoms with Crippen LogP contribution in [0.3, 0.4) is 0 Å². The van der Waals surface area contributed by atoms with E-state index in [1.165, 1.54) is 0 Å². The van der Waals surface area contributed by atoms with Crippen molar-refractivity contribution in [1.82, 2.24) is 10.3 Å². The monoisotopic (exact) mass is 183 g/mol. The predicted molar refractivity (Wildman–Crippen MR) is 51.8 cm³/mol. The Labute approximate surface area is 76.4 Å². The zero-order valence-electron chi connectivity index (χ0n) is 7.16. The number of hydrogen-bond donors (Lipinski definition) is 1. The lowest BCUT2D eigenvalue weighted by Gasteiger charge is -2.33. The number of aromatic nitrogens is 1. The third-order valence-electron chi connectivity index (χ3n) is 2.17. The van der Waals surface area contributed by atoms with Gasteiger partial charge in [0.15, 0.2) is 5.13 Å². The van der Waals surface area contributed by atoms with E-state index in [-0.39, 0.29) is 0 Å². The van der Waals surface area contributed by atoms with Gasteiger partial charge in [0.25, 0.3) is 0 Å². The van der Waals surface area contributed by atoms with E-state index in [1.54, 1.807) is 11.3 Å². The molecule has 1 atom stereocenters. The molecule has 0 bridgehead atoms. The molecule has 0 radical (unpaired) electrons. The zero-order valence-corrected chi connectivity index (χ0v) is 7.97. The van der Waals surface area contributed by atoms with Gasteiger partial charge in [-0.15, -0.1) is 11.3 Å². The molecule has 1 saturated heterocycles. The summed E-state index contributed by atoms with van der Waals surface area (Å²) in [6, 6.07) is 0.574. The molecule has 3 nitrogen and oxygen atoms in total. The van der Waals surface area contributed by atoms with Crippen LogP contribution in [0.15, 0.2) is 11.6 Å². The Morgan fingerprint density at radius 3 is 3.33 bits per heavy atom. The molecule has 4 heteroatoms. The molecule has 66 valence electrons. The molecule has 0 aliphatic carbocycles. The van der Waals surface area contributed by atoms with Crippen LogP contribution in [-0.2, 0) is 0 Å². The van der Waals surface area contributed by atoms with E-state index in [1.807, 2.05) is 11.6 Å². The first kappa shape index (κ1) is 8.01. The van der Waals surface area contributed by atoms with Gasteiger partial charge < -0.3 is 10.2 Å². The van der Waals surface area contributed by atoms with Gasteiger partial charge >= 0.3 is 0 Å². The molecule has 1 aromatic heterocycles. The number of piperazine rings is 1. The van der Waals surface area contributed by atoms with Crippen molar-refractivity contribution < 1.29 is 0 Å². The normalized spacial score (nSPS) is 24.4. The molecule has 1 fully saturated rings. The van der Waals surface area contributed by atoms with Gasteiger partial charge in [-0.05, 0) is 6.92 Å². The van der Waals surface area contributed by atoms with E-state index in [0.29, 0.717) is 6.04 Å². The van der Waals surface area contributed by atoms with E-state index in [9.17, 15) is 0 Å². The average molecular weight is 183 g/mol. The van der Waals surface area contributed by atoms with Gasteiger partial charge in [-0.1, -0.05) is 0 Å². The molecule has 1 aromatic rings. The van der Waals surface area contributed by atoms with Crippen LogP contribution in [0.25, 0.3) is 0 Å². The number of nitrogens with zero attached hydrogens (tertiary/aromatic N) is 2. The summed E-state index contributed by atoms with van der Waals surface area (Å²) < 4.78 is 0. The van der Waals surface area contributed by atoms with Crippen molar-refractivity contribution >= 4 is 16.5 Å². The van der Waals surface area contributed by atoms with Gasteiger partial charge in [0.2, 0.25) is 0 Å². The molecular weight excluding hydrogens is 170 g/mol. The molecule has 0 spiro atoms. The summed E-state index contributed by atoms with van der Waals surface area (Å²) >= 11 is 1.72. The van der Waals surface area contributed by atoms with Gasteiger partial charge in [0.05, 0.1) is 0 Å². The number of anilines is 1. The lowest BCUT2D eigenvalue weighted by atomic mass is 10.2. The number of hydrogen-bond acceptors (Lipinski definition) is 4. The van der Waals surface area contributed by atoms with Crippen molar-refractivity contribution in [2.75, 3.05) is 24.5 Å². The maximum absolute atomic E-state index is 4.31. The highest BCUT2D eigenvalue weighted by Gasteiger charge is 2.19. The molecule has 1 unspecified atom stereocenters. The minimum Gasteiger partial charge on any atom is -0.343 e. The third-order valence-corrected chi connectivity index (χ3v) is 2.97. The summed E-state index contributed by atoms with van der Waals surface area (Å²) in [5.41, 5.74) is 0. The molecule has 0 aromatic carbocycles. The minimum atomic E-state index is 0.574. The highest BCUT2D eigenvalue weighted by molar-refractivity contribution is 7.13. The van der Waals surface area contributed by atoms with Gasteiger partial charge in [-0.3, -0.25) is 0 Å². The predicted octanol–water partition coefficient (Wildman–Crippen LogP) is 0.941. The lowest BCUT2D eigenvalue weighted by Crippen LogP contribution is -2.49. The van der Waals surface area contributed by atoms with Crippen LogP contribution in [0.2, 0.25) is 0 Å². The molecule has 2 heterocycles. The summed E-state index contributed by atoms with van der Waals surface area (Å²) in [7, 11) is 0. The SMILES string of the molecule is CC1CNCCN1c1nccs1. The van der Waals surface area contributed by atoms with Crippen LogP contribution in [-0.4, -0.2) is 30.7 Å². The zero-order chi connectivity index (χ0) is 8.39. The lowest BCUT2D eigenvalue weighted by molar-refractivity contribution is 0.500. The third kappa shape index (κ3) is 1.44. The smallest absolute Gasteiger partial charge is 0.185 e. The first-order valence-corrected chi connectivity index (χ1v) is 5.13. The van der Waals surface area contributed by atoms with Crippen LogP contribution in [0.1, 0.15) is 6.92 Å². The highest BCUT2D eigenvalue weighted by Crippen LogP contribution is 2.20. The Bertz CT molecular complexity index is 234. The number of thiazole rings is 1. The topological polar surface area (TPSA) is 28.2 Å². The van der Waals surface area contributed by atoms with Crippen molar-refractivity contribution in [3.05, 3.63) is 11.6 Å². The Morgan fingerprint density at radius 1 is 1.75 bits per heavy atom. The van der Waals surface area contributed by atoms with Crippen LogP contribution in [0.5, 0.6) is 0 Å². The Morgan fingerprint density at radius 2 is 2.67 bits per heavy atom. The Kier molecular flexibility index (Phi) is 2.28. The van der Waals surface area contributed by atoms with Gasteiger partial charge in [-0.25, -0.2) is 4.98 Å². The summed E-state index contributed by atoms with van der Waals surface area (Å²) in [5.74, 6) is 0. The molecule has 0 saturated carbocycles. The molecule has 12 heavy (non-hydrogen) atoms. The molecular formula is C8H13N3S. The van der Waals surface area contributed by atoms with E-state index in [0.717, 1.165) is 24.8 Å². The first-order valence-electron chi connectivity index (χ1n) is 4.25. The van der Waals surface area contributed by atoms with Crippen molar-refractivity contribution in [3.63, 3.8) is 0 Å². The summed E-state index contributed by atoms with van der Waals surface area (Å²) in [4.78, 5) is 6.67. The van der Waals surface area contributed by atoms with Crippen LogP contribution >= 0.6 is 11.3 Å². The Hall–Kier alpha value is -0.610. The highest BCUT2D eigenvalue weighted by atomic mass is 32.1. The average Bonchev–Trinajstić information content (AvgIpc) is 2.57. The van der Waals surface area contributed by atoms with Crippen LogP contribution < -0.4 is 10.2 Å². The number of rotatable bonds is 1. The van der Waals surface area contributed by atoms with E-state index in [4.69, 9.17) is 0 Å². The Balaban J connectivity index is 2.11. The quantitative estimate of drug-likeness (QED) is 0.702. The second-order valence-electron chi connectivity index (χ2n) is 3.06.